The monoisotopic (exact) mass is 292 g/mol. The average Bonchev–Trinajstić information content (AvgIpc) is 3.36. The molecule has 3 heteroatoms. The lowest BCUT2D eigenvalue weighted by atomic mass is 10.2. The van der Waals surface area contributed by atoms with Gasteiger partial charge in [-0.05, 0) is 91.2 Å². The third-order valence-corrected chi connectivity index (χ3v) is 7.71. The van der Waals surface area contributed by atoms with Crippen LogP contribution in [0.1, 0.15) is 66.9 Å². The van der Waals surface area contributed by atoms with E-state index in [1.807, 2.05) is 0 Å². The van der Waals surface area contributed by atoms with Gasteiger partial charge in [0, 0.05) is 15.8 Å². The molecule has 21 heavy (non-hydrogen) atoms. The number of carboxylic acid groups (broad SMARTS) is 1. The predicted octanol–water partition coefficient (Wildman–Crippen LogP) is 3.21. The summed E-state index contributed by atoms with van der Waals surface area (Å²) in [5, 5.41) is 17.5. The second-order valence-corrected chi connectivity index (χ2v) is 8.33. The van der Waals surface area contributed by atoms with Crippen molar-refractivity contribution in [3.8, 4) is 0 Å². The Bertz CT molecular complexity index is 561. The Morgan fingerprint density at radius 2 is 1.29 bits per heavy atom. The summed E-state index contributed by atoms with van der Waals surface area (Å²) in [6.45, 7) is 0.215. The number of aliphatic hydroxyl groups excluding tert-OH is 1. The Kier molecular flexibility index (Phi) is 1.84. The number of aliphatic carboxylic acids is 1. The predicted molar refractivity (Wildman–Crippen MR) is 77.6 cm³/mol. The molecule has 0 aromatic rings. The minimum atomic E-state index is -0.792. The van der Waals surface area contributed by atoms with E-state index in [-0.39, 0.29) is 29.8 Å². The van der Waals surface area contributed by atoms with E-state index in [1.165, 1.54) is 25.7 Å². The lowest BCUT2D eigenvalue weighted by Gasteiger charge is -1.89. The number of hydrogen-bond acceptors (Lipinski definition) is 2. The molecule has 0 radical (unpaired) electrons. The van der Waals surface area contributed by atoms with Crippen LogP contribution in [0.25, 0.3) is 0 Å². The second-order valence-electron chi connectivity index (χ2n) is 8.33. The van der Waals surface area contributed by atoms with Crippen LogP contribution >= 0.6 is 0 Å². The van der Waals surface area contributed by atoms with Crippen LogP contribution < -0.4 is 0 Å². The van der Waals surface area contributed by atoms with Crippen molar-refractivity contribution in [1.82, 2.24) is 0 Å². The van der Waals surface area contributed by atoms with Crippen molar-refractivity contribution in [2.45, 2.75) is 64.2 Å². The molecule has 6 aliphatic carbocycles. The molecule has 6 saturated carbocycles. The summed E-state index contributed by atoms with van der Waals surface area (Å²) in [6.07, 6.45) is 10.4. The fourth-order valence-corrected chi connectivity index (χ4v) is 6.14. The minimum absolute atomic E-state index is 0.0764. The van der Waals surface area contributed by atoms with Crippen molar-refractivity contribution in [1.29, 1.82) is 0 Å². The van der Waals surface area contributed by atoms with Crippen LogP contribution in [0.3, 0.4) is 0 Å². The first kappa shape index (κ1) is 11.0. The van der Waals surface area contributed by atoms with E-state index in [1.54, 1.807) is 0 Å². The highest BCUT2D eigenvalue weighted by Crippen LogP contribution is 2.93. The molecule has 6 rings (SSSR count). The van der Waals surface area contributed by atoms with Crippen molar-refractivity contribution >= 4 is 5.97 Å². The van der Waals surface area contributed by atoms with Gasteiger partial charge >= 0.3 is 5.97 Å². The van der Waals surface area contributed by atoms with Crippen LogP contribution in [0.15, 0.2) is 0 Å². The van der Waals surface area contributed by atoms with Gasteiger partial charge in [0.05, 0.1) is 0 Å². The summed E-state index contributed by atoms with van der Waals surface area (Å²) < 4.78 is 16.3. The maximum Gasteiger partial charge on any atom is 0.303 e. The highest BCUT2D eigenvalue weighted by molar-refractivity contribution is 5.69. The number of aliphatic hydroxyl groups is 1. The Morgan fingerprint density at radius 1 is 0.905 bits per heavy atom. The first-order valence-electron chi connectivity index (χ1n) is 9.63. The fraction of sp³-hybridized carbons (Fsp3) is 0.944. The van der Waals surface area contributed by atoms with Gasteiger partial charge in [-0.25, -0.2) is 0 Å². The summed E-state index contributed by atoms with van der Waals surface area (Å²) in [5.74, 6) is -1.54. The summed E-state index contributed by atoms with van der Waals surface area (Å²) in [6, 6.07) is 0. The lowest BCUT2D eigenvalue weighted by Crippen LogP contribution is -1.97. The molecule has 0 heterocycles. The van der Waals surface area contributed by atoms with Crippen LogP contribution in [0.4, 0.5) is 0 Å². The van der Waals surface area contributed by atoms with Gasteiger partial charge < -0.3 is 10.2 Å². The van der Waals surface area contributed by atoms with Crippen molar-refractivity contribution in [2.24, 2.45) is 33.4 Å². The number of carbonyl (C=O) groups is 1. The molecule has 0 bridgehead atoms. The molecule has 0 atom stereocenters. The first-order valence-corrected chi connectivity index (χ1v) is 8.63. The maximum atomic E-state index is 10.6. The molecule has 4 spiro atoms. The summed E-state index contributed by atoms with van der Waals surface area (Å²) >= 11 is 0. The van der Waals surface area contributed by atoms with E-state index in [9.17, 15) is 4.79 Å². The quantitative estimate of drug-likeness (QED) is 0.836. The summed E-state index contributed by atoms with van der Waals surface area (Å²) in [4.78, 5) is 10.6. The minimum Gasteiger partial charge on any atom is -0.481 e. The van der Waals surface area contributed by atoms with E-state index < -0.39 is 11.9 Å². The van der Waals surface area contributed by atoms with Gasteiger partial charge in [0.1, 0.15) is 0 Å². The normalized spacial score (nSPS) is 49.0. The van der Waals surface area contributed by atoms with Crippen molar-refractivity contribution in [2.75, 3.05) is 6.61 Å². The third-order valence-electron chi connectivity index (χ3n) is 7.71. The largest absolute Gasteiger partial charge is 0.481 e. The molecule has 0 amide bonds. The Hall–Kier alpha value is -0.570. The molecule has 0 aromatic carbocycles. The van der Waals surface area contributed by atoms with Crippen molar-refractivity contribution in [3.63, 3.8) is 0 Å². The zero-order valence-electron chi connectivity index (χ0n) is 14.6. The Morgan fingerprint density at radius 3 is 1.57 bits per heavy atom. The number of fused-ring (bicyclic) bond motifs is 2. The highest BCUT2D eigenvalue weighted by Gasteiger charge is 2.86. The molecular weight excluding hydrogens is 264 g/mol. The van der Waals surface area contributed by atoms with Gasteiger partial charge in [-0.3, -0.25) is 4.79 Å². The molecule has 0 unspecified atom stereocenters. The second kappa shape index (κ2) is 3.50. The topological polar surface area (TPSA) is 57.5 Å². The Balaban J connectivity index is 0.000000106. The number of hydrogen-bond donors (Lipinski definition) is 2. The van der Waals surface area contributed by atoms with Crippen LogP contribution in [0, 0.1) is 33.4 Å². The average molecular weight is 292 g/mol. The van der Waals surface area contributed by atoms with Crippen molar-refractivity contribution in [3.05, 3.63) is 0 Å². The Labute approximate surface area is 128 Å². The lowest BCUT2D eigenvalue weighted by molar-refractivity contribution is -0.137. The van der Waals surface area contributed by atoms with E-state index >= 15 is 0 Å². The number of rotatable bonds is 4. The van der Waals surface area contributed by atoms with Gasteiger partial charge in [0.15, 0.2) is 0 Å². The molecule has 3 nitrogen and oxygen atoms in total. The highest BCUT2D eigenvalue weighted by atomic mass is 16.4. The molecule has 6 aliphatic rings. The zero-order valence-corrected chi connectivity index (χ0v) is 12.6. The standard InChI is InChI=1S/C9H12O2.C9H14O/c10-7(11)5-6-8(1-2-8)9(6)3-4-9;10-6-1-7-8(2-3-8)9(7)4-5-9/h6H,1-5H2,(H,10,11);7,10H,1-6H2/i6D;7D. The van der Waals surface area contributed by atoms with Gasteiger partial charge in [-0.2, -0.15) is 0 Å². The summed E-state index contributed by atoms with van der Waals surface area (Å²) in [7, 11) is 0. The zero-order chi connectivity index (χ0) is 16.4. The molecule has 6 fully saturated rings. The number of carboxylic acids is 1. The SMILES string of the molecule is [2H]C1(CC(=O)O)C2(CC2)C12CC2.[2H]C1(CCO)C2(CC2)C12CC2. The van der Waals surface area contributed by atoms with Crippen LogP contribution in [0.2, 0.25) is 0 Å². The van der Waals surface area contributed by atoms with E-state index in [0.29, 0.717) is 10.8 Å². The van der Waals surface area contributed by atoms with Gasteiger partial charge in [-0.1, -0.05) is 0 Å². The molecule has 0 aromatic heterocycles. The van der Waals surface area contributed by atoms with E-state index in [2.05, 4.69) is 0 Å². The van der Waals surface area contributed by atoms with Crippen molar-refractivity contribution < 1.29 is 17.7 Å². The molecule has 2 N–H and O–H groups in total. The fourth-order valence-electron chi connectivity index (χ4n) is 6.14. The first-order chi connectivity index (χ1) is 10.8. The van der Waals surface area contributed by atoms with Crippen LogP contribution in [-0.4, -0.2) is 22.8 Å². The van der Waals surface area contributed by atoms with Gasteiger partial charge in [0.2, 0.25) is 0 Å². The third kappa shape index (κ3) is 1.42. The van der Waals surface area contributed by atoms with Gasteiger partial charge in [0.25, 0.3) is 0 Å². The van der Waals surface area contributed by atoms with Crippen LogP contribution in [-0.2, 0) is 4.79 Å². The van der Waals surface area contributed by atoms with Gasteiger partial charge in [-0.15, -0.1) is 0 Å². The van der Waals surface area contributed by atoms with Crippen LogP contribution in [0.5, 0.6) is 0 Å². The molecule has 0 saturated heterocycles. The van der Waals surface area contributed by atoms with E-state index in [4.69, 9.17) is 13.0 Å². The van der Waals surface area contributed by atoms with E-state index in [0.717, 1.165) is 32.1 Å². The smallest absolute Gasteiger partial charge is 0.303 e. The summed E-state index contributed by atoms with van der Waals surface area (Å²) in [5.41, 5.74) is 1.20. The molecular formula is C18H26O3. The molecule has 116 valence electrons. The maximum absolute atomic E-state index is 10.6. The molecule has 0 aliphatic heterocycles.